The Balaban J connectivity index is 0.00000242. The first-order valence-corrected chi connectivity index (χ1v) is 7.43. The van der Waals surface area contributed by atoms with Crippen molar-refractivity contribution in [2.45, 2.75) is 38.3 Å². The predicted molar refractivity (Wildman–Crippen MR) is 88.7 cm³/mol. The van der Waals surface area contributed by atoms with Crippen LogP contribution in [0.5, 0.6) is 11.5 Å². The van der Waals surface area contributed by atoms with Crippen LogP contribution in [0.15, 0.2) is 24.3 Å². The zero-order chi connectivity index (χ0) is 15.2. The maximum Gasteiger partial charge on any atom is 0.223 e. The number of halogens is 1. The molecule has 0 saturated heterocycles. The summed E-state index contributed by atoms with van der Waals surface area (Å²) in [4.78, 5) is 12.0. The summed E-state index contributed by atoms with van der Waals surface area (Å²) < 4.78 is 11.0. The van der Waals surface area contributed by atoms with E-state index in [0.717, 1.165) is 19.3 Å². The van der Waals surface area contributed by atoms with Gasteiger partial charge in [-0.1, -0.05) is 12.1 Å². The van der Waals surface area contributed by atoms with Crippen molar-refractivity contribution in [3.8, 4) is 11.5 Å². The van der Waals surface area contributed by atoms with Gasteiger partial charge in [-0.05, 0) is 38.3 Å². The molecule has 0 radical (unpaired) electrons. The number of benzene rings is 1. The van der Waals surface area contributed by atoms with E-state index in [9.17, 15) is 4.79 Å². The maximum absolute atomic E-state index is 12.0. The third-order valence-corrected chi connectivity index (χ3v) is 3.80. The summed E-state index contributed by atoms with van der Waals surface area (Å²) in [5.41, 5.74) is 5.83. The average molecular weight is 329 g/mol. The first-order chi connectivity index (χ1) is 10.1. The predicted octanol–water partition coefficient (Wildman–Crippen LogP) is 2.13. The lowest BCUT2D eigenvalue weighted by Crippen LogP contribution is -2.37. The van der Waals surface area contributed by atoms with Crippen LogP contribution in [0.2, 0.25) is 0 Å². The van der Waals surface area contributed by atoms with E-state index in [2.05, 4.69) is 5.32 Å². The van der Waals surface area contributed by atoms with Crippen molar-refractivity contribution in [2.75, 3.05) is 13.7 Å². The fourth-order valence-electron chi connectivity index (χ4n) is 2.62. The molecule has 1 aromatic rings. The second kappa shape index (κ2) is 8.86. The van der Waals surface area contributed by atoms with Crippen LogP contribution in [0.1, 0.15) is 26.2 Å². The molecule has 1 aliphatic carbocycles. The van der Waals surface area contributed by atoms with Crippen LogP contribution < -0.4 is 20.5 Å². The van der Waals surface area contributed by atoms with Gasteiger partial charge in [0.05, 0.1) is 13.7 Å². The van der Waals surface area contributed by atoms with E-state index in [1.165, 1.54) is 0 Å². The summed E-state index contributed by atoms with van der Waals surface area (Å²) in [7, 11) is 1.61. The molecule has 1 aromatic carbocycles. The molecular weight excluding hydrogens is 304 g/mol. The van der Waals surface area contributed by atoms with Crippen molar-refractivity contribution in [1.29, 1.82) is 0 Å². The summed E-state index contributed by atoms with van der Waals surface area (Å²) in [5, 5.41) is 2.94. The van der Waals surface area contributed by atoms with Crippen LogP contribution in [-0.2, 0) is 4.79 Å². The molecule has 2 rings (SSSR count). The number of amides is 1. The van der Waals surface area contributed by atoms with Gasteiger partial charge >= 0.3 is 0 Å². The molecule has 1 aliphatic rings. The molecule has 124 valence electrons. The van der Waals surface area contributed by atoms with Crippen LogP contribution in [-0.4, -0.2) is 31.7 Å². The Labute approximate surface area is 138 Å². The summed E-state index contributed by atoms with van der Waals surface area (Å²) in [6.45, 7) is 2.40. The standard InChI is InChI=1S/C16H24N2O3.ClH/c1-11(21-15-6-4-3-5-14(15)20-2)10-18-16(19)12-7-8-13(17)9-12;/h3-6,11-13H,7-10,17H2,1-2H3,(H,18,19);1H. The molecule has 6 heteroatoms. The number of hydrogen-bond donors (Lipinski definition) is 2. The van der Waals surface area contributed by atoms with Crippen LogP contribution in [0.4, 0.5) is 0 Å². The first-order valence-electron chi connectivity index (χ1n) is 7.43. The average Bonchev–Trinajstić information content (AvgIpc) is 2.92. The van der Waals surface area contributed by atoms with Crippen molar-refractivity contribution >= 4 is 18.3 Å². The van der Waals surface area contributed by atoms with Crippen molar-refractivity contribution < 1.29 is 14.3 Å². The monoisotopic (exact) mass is 328 g/mol. The Morgan fingerprint density at radius 2 is 2.05 bits per heavy atom. The lowest BCUT2D eigenvalue weighted by molar-refractivity contribution is -0.125. The van der Waals surface area contributed by atoms with E-state index >= 15 is 0 Å². The molecule has 3 unspecified atom stereocenters. The molecular formula is C16H25ClN2O3. The normalized spacial score (nSPS) is 21.6. The Bertz CT molecular complexity index is 484. The minimum absolute atomic E-state index is 0. The highest BCUT2D eigenvalue weighted by Gasteiger charge is 2.27. The SMILES string of the molecule is COc1ccccc1OC(C)CNC(=O)C1CCC(N)C1.Cl. The molecule has 0 heterocycles. The number of ether oxygens (including phenoxy) is 2. The molecule has 1 saturated carbocycles. The quantitative estimate of drug-likeness (QED) is 0.839. The van der Waals surface area contributed by atoms with Crippen molar-refractivity contribution in [3.63, 3.8) is 0 Å². The Hall–Kier alpha value is -1.46. The van der Waals surface area contributed by atoms with Gasteiger partial charge in [-0.3, -0.25) is 4.79 Å². The zero-order valence-corrected chi connectivity index (χ0v) is 13.9. The van der Waals surface area contributed by atoms with Gasteiger partial charge in [-0.15, -0.1) is 12.4 Å². The largest absolute Gasteiger partial charge is 0.493 e. The van der Waals surface area contributed by atoms with E-state index in [1.54, 1.807) is 7.11 Å². The number of carbonyl (C=O) groups excluding carboxylic acids is 1. The molecule has 0 aromatic heterocycles. The van der Waals surface area contributed by atoms with Crippen LogP contribution in [0.25, 0.3) is 0 Å². The van der Waals surface area contributed by atoms with Gasteiger partial charge in [-0.2, -0.15) is 0 Å². The smallest absolute Gasteiger partial charge is 0.223 e. The lowest BCUT2D eigenvalue weighted by atomic mass is 10.1. The highest BCUT2D eigenvalue weighted by atomic mass is 35.5. The van der Waals surface area contributed by atoms with Gasteiger partial charge < -0.3 is 20.5 Å². The van der Waals surface area contributed by atoms with Gasteiger partial charge in [0, 0.05) is 12.0 Å². The Morgan fingerprint density at radius 1 is 1.36 bits per heavy atom. The van der Waals surface area contributed by atoms with E-state index in [-0.39, 0.29) is 36.4 Å². The molecule has 3 atom stereocenters. The fourth-order valence-corrected chi connectivity index (χ4v) is 2.62. The fraction of sp³-hybridized carbons (Fsp3) is 0.562. The first kappa shape index (κ1) is 18.6. The minimum Gasteiger partial charge on any atom is -0.493 e. The Morgan fingerprint density at radius 3 is 2.64 bits per heavy atom. The number of para-hydroxylation sites is 2. The van der Waals surface area contributed by atoms with Crippen molar-refractivity contribution in [3.05, 3.63) is 24.3 Å². The number of rotatable bonds is 6. The van der Waals surface area contributed by atoms with Gasteiger partial charge in [0.2, 0.25) is 5.91 Å². The highest BCUT2D eigenvalue weighted by Crippen LogP contribution is 2.27. The van der Waals surface area contributed by atoms with Crippen molar-refractivity contribution in [1.82, 2.24) is 5.32 Å². The molecule has 0 spiro atoms. The summed E-state index contributed by atoms with van der Waals surface area (Å²) >= 11 is 0. The van der Waals surface area contributed by atoms with E-state index in [0.29, 0.717) is 18.0 Å². The molecule has 22 heavy (non-hydrogen) atoms. The number of methoxy groups -OCH3 is 1. The zero-order valence-electron chi connectivity index (χ0n) is 13.1. The van der Waals surface area contributed by atoms with Gasteiger partial charge in [0.1, 0.15) is 6.10 Å². The highest BCUT2D eigenvalue weighted by molar-refractivity contribution is 5.85. The topological polar surface area (TPSA) is 73.6 Å². The molecule has 1 amide bonds. The number of hydrogen-bond acceptors (Lipinski definition) is 4. The van der Waals surface area contributed by atoms with Gasteiger partial charge in [0.15, 0.2) is 11.5 Å². The molecule has 0 bridgehead atoms. The van der Waals surface area contributed by atoms with E-state index in [4.69, 9.17) is 15.2 Å². The molecule has 1 fully saturated rings. The third kappa shape index (κ3) is 5.07. The maximum atomic E-state index is 12.0. The van der Waals surface area contributed by atoms with E-state index in [1.807, 2.05) is 31.2 Å². The Kier molecular flexibility index (Phi) is 7.48. The molecule has 3 N–H and O–H groups in total. The minimum atomic E-state index is -0.125. The number of nitrogens with one attached hydrogen (secondary N) is 1. The number of carbonyl (C=O) groups is 1. The summed E-state index contributed by atoms with van der Waals surface area (Å²) in [6, 6.07) is 7.65. The van der Waals surface area contributed by atoms with Gasteiger partial charge in [0.25, 0.3) is 0 Å². The van der Waals surface area contributed by atoms with Gasteiger partial charge in [-0.25, -0.2) is 0 Å². The second-order valence-corrected chi connectivity index (χ2v) is 5.59. The lowest BCUT2D eigenvalue weighted by Gasteiger charge is -2.18. The van der Waals surface area contributed by atoms with E-state index < -0.39 is 0 Å². The van der Waals surface area contributed by atoms with Crippen LogP contribution in [0.3, 0.4) is 0 Å². The number of nitrogens with two attached hydrogens (primary N) is 1. The molecule has 0 aliphatic heterocycles. The van der Waals surface area contributed by atoms with Crippen LogP contribution >= 0.6 is 12.4 Å². The molecule has 5 nitrogen and oxygen atoms in total. The second-order valence-electron chi connectivity index (χ2n) is 5.59. The summed E-state index contributed by atoms with van der Waals surface area (Å²) in [6.07, 6.45) is 2.48. The summed E-state index contributed by atoms with van der Waals surface area (Å²) in [5.74, 6) is 1.51. The third-order valence-electron chi connectivity index (χ3n) is 3.80. The van der Waals surface area contributed by atoms with Crippen LogP contribution in [0, 0.1) is 5.92 Å². The van der Waals surface area contributed by atoms with Crippen molar-refractivity contribution in [2.24, 2.45) is 11.7 Å².